The van der Waals surface area contributed by atoms with Gasteiger partial charge in [-0.25, -0.2) is 4.79 Å². The lowest BCUT2D eigenvalue weighted by Gasteiger charge is -2.21. The van der Waals surface area contributed by atoms with Crippen molar-refractivity contribution in [3.63, 3.8) is 0 Å². The van der Waals surface area contributed by atoms with Crippen molar-refractivity contribution in [3.8, 4) is 5.88 Å². The second-order valence-corrected chi connectivity index (χ2v) is 5.31. The van der Waals surface area contributed by atoms with Crippen LogP contribution in [0.3, 0.4) is 0 Å². The molecule has 106 valence electrons. The fraction of sp³-hybridized carbons (Fsp3) is 0.467. The van der Waals surface area contributed by atoms with E-state index in [1.165, 1.54) is 19.3 Å². The molecule has 1 saturated carbocycles. The summed E-state index contributed by atoms with van der Waals surface area (Å²) in [6.07, 6.45) is 7.80. The summed E-state index contributed by atoms with van der Waals surface area (Å²) in [6, 6.07) is 5.39. The Labute approximate surface area is 117 Å². The van der Waals surface area contributed by atoms with Gasteiger partial charge in [0.05, 0.1) is 6.61 Å². The number of imidazole rings is 1. The van der Waals surface area contributed by atoms with Gasteiger partial charge in [-0.2, -0.15) is 4.98 Å². The first-order valence-electron chi connectivity index (χ1n) is 7.09. The minimum Gasteiger partial charge on any atom is -0.476 e. The van der Waals surface area contributed by atoms with Crippen LogP contribution in [-0.2, 0) is 0 Å². The zero-order valence-corrected chi connectivity index (χ0v) is 11.3. The summed E-state index contributed by atoms with van der Waals surface area (Å²) < 4.78 is 7.26. The summed E-state index contributed by atoms with van der Waals surface area (Å²) in [5.74, 6) is -0.258. The maximum Gasteiger partial charge on any atom is 0.358 e. The van der Waals surface area contributed by atoms with E-state index < -0.39 is 5.97 Å². The molecular weight excluding hydrogens is 256 g/mol. The number of ether oxygens (including phenoxy) is 1. The van der Waals surface area contributed by atoms with Gasteiger partial charge in [-0.3, -0.25) is 4.40 Å². The Morgan fingerprint density at radius 3 is 2.90 bits per heavy atom. The molecule has 2 aromatic heterocycles. The summed E-state index contributed by atoms with van der Waals surface area (Å²) >= 11 is 0. The van der Waals surface area contributed by atoms with Crippen molar-refractivity contribution in [1.82, 2.24) is 9.38 Å². The molecule has 0 aliphatic heterocycles. The lowest BCUT2D eigenvalue weighted by Crippen LogP contribution is -2.16. The number of carbonyl (C=O) groups is 1. The van der Waals surface area contributed by atoms with Gasteiger partial charge in [0.25, 0.3) is 0 Å². The van der Waals surface area contributed by atoms with E-state index in [0.29, 0.717) is 18.2 Å². The number of aromatic carboxylic acids is 1. The molecule has 20 heavy (non-hydrogen) atoms. The predicted octanol–water partition coefficient (Wildman–Crippen LogP) is 2.99. The van der Waals surface area contributed by atoms with Gasteiger partial charge in [0.15, 0.2) is 5.69 Å². The summed E-state index contributed by atoms with van der Waals surface area (Å²) in [4.78, 5) is 15.7. The monoisotopic (exact) mass is 274 g/mol. The molecule has 3 rings (SSSR count). The second kappa shape index (κ2) is 5.53. The number of nitrogens with zero attached hydrogens (tertiary/aromatic N) is 2. The third kappa shape index (κ3) is 2.48. The molecule has 2 heterocycles. The SMILES string of the molecule is O=C(O)c1c(OCC2CCCCC2)nc2ccccn12. The van der Waals surface area contributed by atoms with Gasteiger partial charge in [0.1, 0.15) is 5.65 Å². The van der Waals surface area contributed by atoms with Crippen molar-refractivity contribution in [2.45, 2.75) is 32.1 Å². The molecule has 5 nitrogen and oxygen atoms in total. The molecule has 0 unspecified atom stereocenters. The van der Waals surface area contributed by atoms with Crippen molar-refractivity contribution in [3.05, 3.63) is 30.1 Å². The van der Waals surface area contributed by atoms with Crippen LogP contribution in [0, 0.1) is 5.92 Å². The number of pyridine rings is 1. The van der Waals surface area contributed by atoms with Gasteiger partial charge in [-0.05, 0) is 30.9 Å². The van der Waals surface area contributed by atoms with E-state index in [1.807, 2.05) is 6.07 Å². The topological polar surface area (TPSA) is 63.8 Å². The van der Waals surface area contributed by atoms with Crippen molar-refractivity contribution in [2.75, 3.05) is 6.61 Å². The van der Waals surface area contributed by atoms with Gasteiger partial charge in [0.2, 0.25) is 5.88 Å². The van der Waals surface area contributed by atoms with Crippen LogP contribution in [0.1, 0.15) is 42.6 Å². The van der Waals surface area contributed by atoms with Crippen LogP contribution >= 0.6 is 0 Å². The normalized spacial score (nSPS) is 16.4. The number of rotatable bonds is 4. The van der Waals surface area contributed by atoms with E-state index in [1.54, 1.807) is 22.7 Å². The molecule has 0 spiro atoms. The highest BCUT2D eigenvalue weighted by Crippen LogP contribution is 2.26. The van der Waals surface area contributed by atoms with E-state index in [2.05, 4.69) is 4.98 Å². The number of carboxylic acids is 1. The Morgan fingerprint density at radius 1 is 1.35 bits per heavy atom. The minimum atomic E-state index is -1.01. The molecule has 1 N–H and O–H groups in total. The van der Waals surface area contributed by atoms with Gasteiger partial charge in [-0.15, -0.1) is 0 Å². The van der Waals surface area contributed by atoms with E-state index in [4.69, 9.17) is 4.74 Å². The Bertz CT molecular complexity index is 615. The Kier molecular flexibility index (Phi) is 3.58. The van der Waals surface area contributed by atoms with Gasteiger partial charge in [-0.1, -0.05) is 25.3 Å². The summed E-state index contributed by atoms with van der Waals surface area (Å²) in [5, 5.41) is 9.35. The lowest BCUT2D eigenvalue weighted by molar-refractivity contribution is 0.0682. The van der Waals surface area contributed by atoms with Crippen LogP contribution in [0.5, 0.6) is 5.88 Å². The third-order valence-corrected chi connectivity index (χ3v) is 3.88. The van der Waals surface area contributed by atoms with Crippen molar-refractivity contribution >= 4 is 11.6 Å². The number of aromatic nitrogens is 2. The van der Waals surface area contributed by atoms with E-state index in [-0.39, 0.29) is 11.6 Å². The maximum absolute atomic E-state index is 11.4. The van der Waals surface area contributed by atoms with Crippen LogP contribution in [0.4, 0.5) is 0 Å². The molecule has 2 aromatic rings. The largest absolute Gasteiger partial charge is 0.476 e. The van der Waals surface area contributed by atoms with Crippen LogP contribution in [0.2, 0.25) is 0 Å². The highest BCUT2D eigenvalue weighted by Gasteiger charge is 2.21. The van der Waals surface area contributed by atoms with Crippen LogP contribution < -0.4 is 4.74 Å². The van der Waals surface area contributed by atoms with Gasteiger partial charge < -0.3 is 9.84 Å². The van der Waals surface area contributed by atoms with E-state index in [0.717, 1.165) is 12.8 Å². The third-order valence-electron chi connectivity index (χ3n) is 3.88. The molecule has 0 amide bonds. The second-order valence-electron chi connectivity index (χ2n) is 5.31. The van der Waals surface area contributed by atoms with E-state index >= 15 is 0 Å². The first kappa shape index (κ1) is 13.0. The summed E-state index contributed by atoms with van der Waals surface area (Å²) in [5.41, 5.74) is 0.708. The molecule has 0 radical (unpaired) electrons. The Balaban J connectivity index is 1.82. The zero-order chi connectivity index (χ0) is 13.9. The van der Waals surface area contributed by atoms with Crippen molar-refractivity contribution in [1.29, 1.82) is 0 Å². The molecule has 0 saturated heterocycles. The highest BCUT2D eigenvalue weighted by molar-refractivity contribution is 5.89. The Morgan fingerprint density at radius 2 is 2.15 bits per heavy atom. The molecule has 1 fully saturated rings. The highest BCUT2D eigenvalue weighted by atomic mass is 16.5. The molecule has 1 aliphatic rings. The smallest absolute Gasteiger partial charge is 0.358 e. The molecule has 0 bridgehead atoms. The minimum absolute atomic E-state index is 0.108. The van der Waals surface area contributed by atoms with Crippen LogP contribution in [-0.4, -0.2) is 27.1 Å². The molecule has 1 aliphatic carbocycles. The average Bonchev–Trinajstić information content (AvgIpc) is 2.84. The standard InChI is InChI=1S/C15H18N2O3/c18-15(19)13-14(16-12-8-4-5-9-17(12)13)20-10-11-6-2-1-3-7-11/h4-5,8-9,11H,1-3,6-7,10H2,(H,18,19). The molecule has 5 heteroatoms. The lowest BCUT2D eigenvalue weighted by atomic mass is 9.90. The molecule has 0 atom stereocenters. The fourth-order valence-electron chi connectivity index (χ4n) is 2.82. The van der Waals surface area contributed by atoms with Crippen LogP contribution in [0.15, 0.2) is 24.4 Å². The maximum atomic E-state index is 11.4. The molecule has 0 aromatic carbocycles. The fourth-order valence-corrected chi connectivity index (χ4v) is 2.82. The molecular formula is C15H18N2O3. The summed E-state index contributed by atoms with van der Waals surface area (Å²) in [6.45, 7) is 0.560. The number of fused-ring (bicyclic) bond motifs is 1. The van der Waals surface area contributed by atoms with Gasteiger partial charge in [0, 0.05) is 6.20 Å². The van der Waals surface area contributed by atoms with Gasteiger partial charge >= 0.3 is 5.97 Å². The quantitative estimate of drug-likeness (QED) is 0.930. The summed E-state index contributed by atoms with van der Waals surface area (Å²) in [7, 11) is 0. The Hall–Kier alpha value is -2.04. The number of hydrogen-bond donors (Lipinski definition) is 1. The first-order valence-corrected chi connectivity index (χ1v) is 7.09. The zero-order valence-electron chi connectivity index (χ0n) is 11.3. The first-order chi connectivity index (χ1) is 9.75. The van der Waals surface area contributed by atoms with E-state index in [9.17, 15) is 9.90 Å². The predicted molar refractivity (Wildman–Crippen MR) is 74.2 cm³/mol. The van der Waals surface area contributed by atoms with Crippen LogP contribution in [0.25, 0.3) is 5.65 Å². The average molecular weight is 274 g/mol. The van der Waals surface area contributed by atoms with Crippen molar-refractivity contribution in [2.24, 2.45) is 5.92 Å². The number of hydrogen-bond acceptors (Lipinski definition) is 3. The van der Waals surface area contributed by atoms with Crippen molar-refractivity contribution < 1.29 is 14.6 Å². The number of carboxylic acid groups (broad SMARTS) is 1.